The molecular weight excluding hydrogens is 220 g/mol. The van der Waals surface area contributed by atoms with Gasteiger partial charge >= 0.3 is 11.9 Å². The van der Waals surface area contributed by atoms with Gasteiger partial charge < -0.3 is 9.47 Å². The number of carbonyl (C=O) groups excluding carboxylic acids is 2. The monoisotopic (exact) mass is 230 g/mol. The minimum atomic E-state index is -0.608. The van der Waals surface area contributed by atoms with E-state index in [0.717, 1.165) is 5.56 Å². The Bertz CT molecular complexity index is 581. The van der Waals surface area contributed by atoms with E-state index in [1.54, 1.807) is 12.1 Å². The molecule has 4 heteroatoms. The van der Waals surface area contributed by atoms with E-state index in [1.165, 1.54) is 0 Å². The van der Waals surface area contributed by atoms with E-state index >= 15 is 0 Å². The van der Waals surface area contributed by atoms with Crippen LogP contribution in [-0.2, 0) is 4.74 Å². The van der Waals surface area contributed by atoms with Gasteiger partial charge in [0, 0.05) is 5.56 Å². The maximum atomic E-state index is 11.4. The molecule has 0 radical (unpaired) electrons. The quantitative estimate of drug-likeness (QED) is 0.506. The average Bonchev–Trinajstić information content (AvgIpc) is 2.51. The Morgan fingerprint density at radius 1 is 1.06 bits per heavy atom. The van der Waals surface area contributed by atoms with Crippen molar-refractivity contribution in [2.24, 2.45) is 0 Å². The SMILES string of the molecule is CC1(C)C=Cc2cc3c(cc2O1)C(=O)OC3=O. The Hall–Kier alpha value is -2.10. The van der Waals surface area contributed by atoms with Crippen LogP contribution >= 0.6 is 0 Å². The molecule has 86 valence electrons. The molecule has 0 spiro atoms. The second-order valence-electron chi connectivity index (χ2n) is 4.65. The lowest BCUT2D eigenvalue weighted by Gasteiger charge is -2.27. The molecule has 0 saturated heterocycles. The van der Waals surface area contributed by atoms with E-state index in [1.807, 2.05) is 26.0 Å². The molecule has 0 N–H and O–H groups in total. The first-order chi connectivity index (χ1) is 7.96. The predicted molar refractivity (Wildman–Crippen MR) is 59.9 cm³/mol. The van der Waals surface area contributed by atoms with Crippen molar-refractivity contribution in [2.75, 3.05) is 0 Å². The maximum absolute atomic E-state index is 11.4. The van der Waals surface area contributed by atoms with Crippen LogP contribution in [0.25, 0.3) is 6.08 Å². The Morgan fingerprint density at radius 3 is 2.41 bits per heavy atom. The first-order valence-electron chi connectivity index (χ1n) is 5.29. The third-order valence-electron chi connectivity index (χ3n) is 2.81. The fourth-order valence-corrected chi connectivity index (χ4v) is 1.95. The van der Waals surface area contributed by atoms with Crippen molar-refractivity contribution in [3.63, 3.8) is 0 Å². The van der Waals surface area contributed by atoms with Gasteiger partial charge in [-0.2, -0.15) is 0 Å². The zero-order valence-corrected chi connectivity index (χ0v) is 9.44. The third-order valence-corrected chi connectivity index (χ3v) is 2.81. The summed E-state index contributed by atoms with van der Waals surface area (Å²) < 4.78 is 10.3. The zero-order valence-electron chi connectivity index (χ0n) is 9.44. The number of carbonyl (C=O) groups is 2. The molecule has 1 aromatic carbocycles. The second kappa shape index (κ2) is 2.97. The van der Waals surface area contributed by atoms with Crippen molar-refractivity contribution in [1.29, 1.82) is 0 Å². The van der Waals surface area contributed by atoms with Crippen molar-refractivity contribution < 1.29 is 19.1 Å². The van der Waals surface area contributed by atoms with Gasteiger partial charge in [-0.15, -0.1) is 0 Å². The highest BCUT2D eigenvalue weighted by molar-refractivity contribution is 6.15. The van der Waals surface area contributed by atoms with Gasteiger partial charge in [0.25, 0.3) is 0 Å². The summed E-state index contributed by atoms with van der Waals surface area (Å²) in [5.74, 6) is -0.599. The number of cyclic esters (lactones) is 2. The van der Waals surface area contributed by atoms with Crippen LogP contribution in [0.1, 0.15) is 40.1 Å². The van der Waals surface area contributed by atoms with Gasteiger partial charge in [0.05, 0.1) is 11.1 Å². The van der Waals surface area contributed by atoms with Crippen molar-refractivity contribution in [1.82, 2.24) is 0 Å². The number of rotatable bonds is 0. The molecule has 0 atom stereocenters. The van der Waals surface area contributed by atoms with Crippen LogP contribution in [0, 0.1) is 0 Å². The lowest BCUT2D eigenvalue weighted by atomic mass is 9.98. The van der Waals surface area contributed by atoms with E-state index in [2.05, 4.69) is 4.74 Å². The highest BCUT2D eigenvalue weighted by atomic mass is 16.6. The predicted octanol–water partition coefficient (Wildman–Crippen LogP) is 2.18. The van der Waals surface area contributed by atoms with Gasteiger partial charge in [-0.1, -0.05) is 6.08 Å². The summed E-state index contributed by atoms with van der Waals surface area (Å²) in [6, 6.07) is 3.20. The smallest absolute Gasteiger partial charge is 0.347 e. The summed E-state index contributed by atoms with van der Waals surface area (Å²) in [4.78, 5) is 22.8. The van der Waals surface area contributed by atoms with Crippen molar-refractivity contribution >= 4 is 18.0 Å². The fourth-order valence-electron chi connectivity index (χ4n) is 1.95. The molecule has 2 heterocycles. The normalized spacial score (nSPS) is 19.4. The molecule has 17 heavy (non-hydrogen) atoms. The summed E-state index contributed by atoms with van der Waals surface area (Å²) in [6.07, 6.45) is 3.79. The number of esters is 2. The van der Waals surface area contributed by atoms with Gasteiger partial charge in [-0.25, -0.2) is 9.59 Å². The van der Waals surface area contributed by atoms with Gasteiger partial charge in [0.15, 0.2) is 0 Å². The molecule has 3 rings (SSSR count). The van der Waals surface area contributed by atoms with E-state index in [0.29, 0.717) is 11.3 Å². The standard InChI is InChI=1S/C13H10O4/c1-13(2)4-3-7-5-8-9(6-10(7)17-13)12(15)16-11(8)14/h3-6H,1-2H3. The van der Waals surface area contributed by atoms with E-state index in [4.69, 9.17) is 4.74 Å². The van der Waals surface area contributed by atoms with Crippen LogP contribution in [0.3, 0.4) is 0 Å². The number of benzene rings is 1. The van der Waals surface area contributed by atoms with Gasteiger partial charge in [0.1, 0.15) is 11.4 Å². The molecule has 2 aliphatic rings. The molecule has 0 unspecified atom stereocenters. The lowest BCUT2D eigenvalue weighted by molar-refractivity contribution is 0.0443. The fraction of sp³-hybridized carbons (Fsp3) is 0.231. The van der Waals surface area contributed by atoms with Crippen molar-refractivity contribution in [3.8, 4) is 5.75 Å². The average molecular weight is 230 g/mol. The molecule has 0 saturated carbocycles. The molecule has 1 aromatic rings. The third kappa shape index (κ3) is 1.45. The Kier molecular flexibility index (Phi) is 1.76. The topological polar surface area (TPSA) is 52.6 Å². The van der Waals surface area contributed by atoms with Crippen LogP contribution in [-0.4, -0.2) is 17.5 Å². The van der Waals surface area contributed by atoms with Gasteiger partial charge in [0.2, 0.25) is 0 Å². The highest BCUT2D eigenvalue weighted by Crippen LogP contribution is 2.35. The molecule has 0 amide bonds. The molecule has 0 aliphatic carbocycles. The van der Waals surface area contributed by atoms with Gasteiger partial charge in [-0.05, 0) is 32.1 Å². The van der Waals surface area contributed by atoms with Crippen LogP contribution in [0.15, 0.2) is 18.2 Å². The van der Waals surface area contributed by atoms with Crippen LogP contribution in [0.4, 0.5) is 0 Å². The molecular formula is C13H10O4. The molecule has 4 nitrogen and oxygen atoms in total. The van der Waals surface area contributed by atoms with E-state index in [-0.39, 0.29) is 5.56 Å². The number of ether oxygens (including phenoxy) is 2. The summed E-state index contributed by atoms with van der Waals surface area (Å²) in [5, 5.41) is 0. The Labute approximate surface area is 97.8 Å². The first kappa shape index (κ1) is 10.1. The number of hydrogen-bond donors (Lipinski definition) is 0. The summed E-state index contributed by atoms with van der Waals surface area (Å²) >= 11 is 0. The summed E-state index contributed by atoms with van der Waals surface area (Å²) in [6.45, 7) is 3.84. The van der Waals surface area contributed by atoms with Crippen molar-refractivity contribution in [3.05, 3.63) is 34.9 Å². The second-order valence-corrected chi connectivity index (χ2v) is 4.65. The number of fused-ring (bicyclic) bond motifs is 2. The lowest BCUT2D eigenvalue weighted by Crippen LogP contribution is -2.27. The highest BCUT2D eigenvalue weighted by Gasteiger charge is 2.33. The van der Waals surface area contributed by atoms with Crippen LogP contribution in [0.2, 0.25) is 0 Å². The number of hydrogen-bond acceptors (Lipinski definition) is 4. The molecule has 0 aromatic heterocycles. The minimum Gasteiger partial charge on any atom is -0.483 e. The Morgan fingerprint density at radius 2 is 1.71 bits per heavy atom. The van der Waals surface area contributed by atoms with E-state index in [9.17, 15) is 9.59 Å². The molecule has 0 bridgehead atoms. The molecule has 2 aliphatic heterocycles. The van der Waals surface area contributed by atoms with Crippen LogP contribution in [0.5, 0.6) is 5.75 Å². The minimum absolute atomic E-state index is 0.278. The molecule has 0 fully saturated rings. The largest absolute Gasteiger partial charge is 0.483 e. The van der Waals surface area contributed by atoms with E-state index < -0.39 is 17.5 Å². The van der Waals surface area contributed by atoms with Crippen molar-refractivity contribution in [2.45, 2.75) is 19.4 Å². The maximum Gasteiger partial charge on any atom is 0.347 e. The first-order valence-corrected chi connectivity index (χ1v) is 5.29. The van der Waals surface area contributed by atoms with Crippen LogP contribution < -0.4 is 4.74 Å². The summed E-state index contributed by atoms with van der Waals surface area (Å²) in [7, 11) is 0. The zero-order chi connectivity index (χ0) is 12.2. The van der Waals surface area contributed by atoms with Gasteiger partial charge in [-0.3, -0.25) is 0 Å². The summed E-state index contributed by atoms with van der Waals surface area (Å²) in [5.41, 5.74) is 0.963. The Balaban J connectivity index is 2.19.